The van der Waals surface area contributed by atoms with E-state index in [1.165, 1.54) is 89.8 Å². The van der Waals surface area contributed by atoms with Crippen molar-refractivity contribution in [2.75, 3.05) is 45.9 Å². The van der Waals surface area contributed by atoms with Crippen LogP contribution in [-0.2, 0) is 12.8 Å². The molecule has 2 aliphatic heterocycles. The van der Waals surface area contributed by atoms with Crippen molar-refractivity contribution < 1.29 is 4.74 Å². The fourth-order valence-corrected chi connectivity index (χ4v) is 5.60. The topological polar surface area (TPSA) is 15.7 Å². The lowest BCUT2D eigenvalue weighted by atomic mass is 9.83. The number of piperidine rings is 1. The predicted molar refractivity (Wildman–Crippen MR) is 117 cm³/mol. The monoisotopic (exact) mass is 384 g/mol. The number of aryl methyl sites for hydroxylation is 1. The molecule has 0 N–H and O–H groups in total. The van der Waals surface area contributed by atoms with Gasteiger partial charge in [-0.25, -0.2) is 0 Å². The second-order valence-corrected chi connectivity index (χ2v) is 10.3. The van der Waals surface area contributed by atoms with Crippen LogP contribution in [0.1, 0.15) is 63.5 Å². The van der Waals surface area contributed by atoms with Gasteiger partial charge in [0.1, 0.15) is 5.75 Å². The van der Waals surface area contributed by atoms with Crippen LogP contribution in [0.15, 0.2) is 18.2 Å². The Morgan fingerprint density at radius 1 is 1.04 bits per heavy atom. The SMILES string of the molecule is CC1(C)CCCN(CCCOc2ccc3c(c2)CCC(CN2CCCC2)C3)C1. The Bertz CT molecular complexity index is 635. The van der Waals surface area contributed by atoms with Gasteiger partial charge in [-0.2, -0.15) is 0 Å². The maximum absolute atomic E-state index is 6.11. The summed E-state index contributed by atoms with van der Waals surface area (Å²) in [5.41, 5.74) is 3.59. The first-order valence-corrected chi connectivity index (χ1v) is 11.8. The van der Waals surface area contributed by atoms with E-state index in [2.05, 4.69) is 41.8 Å². The van der Waals surface area contributed by atoms with E-state index in [9.17, 15) is 0 Å². The zero-order valence-electron chi connectivity index (χ0n) is 18.2. The molecule has 0 bridgehead atoms. The van der Waals surface area contributed by atoms with Crippen LogP contribution >= 0.6 is 0 Å². The van der Waals surface area contributed by atoms with Crippen molar-refractivity contribution >= 4 is 0 Å². The summed E-state index contributed by atoms with van der Waals surface area (Å²) >= 11 is 0. The number of likely N-dealkylation sites (tertiary alicyclic amines) is 2. The fraction of sp³-hybridized carbons (Fsp3) is 0.760. The average molecular weight is 385 g/mol. The van der Waals surface area contributed by atoms with Gasteiger partial charge in [0.05, 0.1) is 6.61 Å². The smallest absolute Gasteiger partial charge is 0.119 e. The molecule has 0 spiro atoms. The van der Waals surface area contributed by atoms with E-state index in [0.29, 0.717) is 5.41 Å². The third kappa shape index (κ3) is 5.51. The molecule has 1 aromatic rings. The third-order valence-corrected chi connectivity index (χ3v) is 7.09. The van der Waals surface area contributed by atoms with Crippen LogP contribution in [0.25, 0.3) is 0 Å². The van der Waals surface area contributed by atoms with Crippen molar-refractivity contribution in [2.24, 2.45) is 11.3 Å². The van der Waals surface area contributed by atoms with Crippen LogP contribution in [-0.4, -0.2) is 55.7 Å². The van der Waals surface area contributed by atoms with Gasteiger partial charge in [-0.05, 0) is 106 Å². The normalized spacial score (nSPS) is 25.6. The maximum atomic E-state index is 6.11. The first-order chi connectivity index (χ1) is 13.6. The van der Waals surface area contributed by atoms with Crippen LogP contribution < -0.4 is 4.74 Å². The predicted octanol–water partition coefficient (Wildman–Crippen LogP) is 4.78. The van der Waals surface area contributed by atoms with Crippen molar-refractivity contribution in [3.05, 3.63) is 29.3 Å². The lowest BCUT2D eigenvalue weighted by Crippen LogP contribution is -2.40. The zero-order valence-corrected chi connectivity index (χ0v) is 18.2. The molecule has 3 nitrogen and oxygen atoms in total. The van der Waals surface area contributed by atoms with E-state index in [0.717, 1.165) is 24.7 Å². The molecule has 2 saturated heterocycles. The minimum absolute atomic E-state index is 0.490. The molecule has 2 heterocycles. The molecule has 0 aromatic heterocycles. The quantitative estimate of drug-likeness (QED) is 0.629. The van der Waals surface area contributed by atoms with E-state index in [4.69, 9.17) is 4.74 Å². The summed E-state index contributed by atoms with van der Waals surface area (Å²) in [6, 6.07) is 6.88. The minimum atomic E-state index is 0.490. The zero-order chi connectivity index (χ0) is 19.4. The average Bonchev–Trinajstić information content (AvgIpc) is 3.17. The van der Waals surface area contributed by atoms with Crippen molar-refractivity contribution in [2.45, 2.75) is 65.2 Å². The number of hydrogen-bond acceptors (Lipinski definition) is 3. The van der Waals surface area contributed by atoms with Gasteiger partial charge < -0.3 is 14.5 Å². The highest BCUT2D eigenvalue weighted by Crippen LogP contribution is 2.30. The summed E-state index contributed by atoms with van der Waals surface area (Å²) in [6.07, 6.45) is 10.5. The highest BCUT2D eigenvalue weighted by molar-refractivity contribution is 5.37. The van der Waals surface area contributed by atoms with Gasteiger partial charge >= 0.3 is 0 Å². The maximum Gasteiger partial charge on any atom is 0.119 e. The first kappa shape index (κ1) is 20.2. The van der Waals surface area contributed by atoms with Crippen LogP contribution in [0.4, 0.5) is 0 Å². The number of ether oxygens (including phenoxy) is 1. The minimum Gasteiger partial charge on any atom is -0.494 e. The Kier molecular flexibility index (Phi) is 6.62. The van der Waals surface area contributed by atoms with Gasteiger partial charge in [-0.1, -0.05) is 19.9 Å². The summed E-state index contributed by atoms with van der Waals surface area (Å²) in [6.45, 7) is 13.3. The second kappa shape index (κ2) is 9.17. The summed E-state index contributed by atoms with van der Waals surface area (Å²) in [4.78, 5) is 5.30. The summed E-state index contributed by atoms with van der Waals surface area (Å²) in [5, 5.41) is 0. The Hall–Kier alpha value is -1.06. The molecule has 0 saturated carbocycles. The van der Waals surface area contributed by atoms with Crippen LogP contribution in [0.5, 0.6) is 5.75 Å². The number of benzene rings is 1. The molecule has 1 unspecified atom stereocenters. The lowest BCUT2D eigenvalue weighted by molar-refractivity contribution is 0.111. The van der Waals surface area contributed by atoms with E-state index >= 15 is 0 Å². The molecule has 3 heteroatoms. The molecule has 1 atom stereocenters. The van der Waals surface area contributed by atoms with Gasteiger partial charge in [0.15, 0.2) is 0 Å². The highest BCUT2D eigenvalue weighted by atomic mass is 16.5. The number of hydrogen-bond donors (Lipinski definition) is 0. The van der Waals surface area contributed by atoms with E-state index < -0.39 is 0 Å². The molecule has 28 heavy (non-hydrogen) atoms. The highest BCUT2D eigenvalue weighted by Gasteiger charge is 2.26. The molecular formula is C25H40N2O. The van der Waals surface area contributed by atoms with Crippen LogP contribution in [0.2, 0.25) is 0 Å². The van der Waals surface area contributed by atoms with Gasteiger partial charge in [0.25, 0.3) is 0 Å². The Morgan fingerprint density at radius 2 is 1.86 bits per heavy atom. The Morgan fingerprint density at radius 3 is 2.68 bits per heavy atom. The fourth-order valence-electron chi connectivity index (χ4n) is 5.60. The van der Waals surface area contributed by atoms with Crippen LogP contribution in [0.3, 0.4) is 0 Å². The Balaban J connectivity index is 1.20. The van der Waals surface area contributed by atoms with Gasteiger partial charge in [-0.15, -0.1) is 0 Å². The molecule has 1 aliphatic carbocycles. The van der Waals surface area contributed by atoms with E-state index in [-0.39, 0.29) is 0 Å². The van der Waals surface area contributed by atoms with Gasteiger partial charge in [0.2, 0.25) is 0 Å². The summed E-state index contributed by atoms with van der Waals surface area (Å²) < 4.78 is 6.11. The molecule has 0 radical (unpaired) electrons. The van der Waals surface area contributed by atoms with Crippen molar-refractivity contribution in [3.63, 3.8) is 0 Å². The van der Waals surface area contributed by atoms with Gasteiger partial charge in [0, 0.05) is 19.6 Å². The molecular weight excluding hydrogens is 344 g/mol. The standard InChI is InChI=1S/C25H40N2O/c1-25(2)11-5-14-27(20-25)15-6-16-28-24-10-9-22-17-21(7-8-23(22)18-24)19-26-12-3-4-13-26/h9-10,18,21H,3-8,11-17,19-20H2,1-2H3. The third-order valence-electron chi connectivity index (χ3n) is 7.09. The molecule has 4 rings (SSSR count). The number of fused-ring (bicyclic) bond motifs is 1. The molecule has 156 valence electrons. The molecule has 1 aromatic carbocycles. The van der Waals surface area contributed by atoms with Gasteiger partial charge in [-0.3, -0.25) is 0 Å². The number of nitrogens with zero attached hydrogens (tertiary/aromatic N) is 2. The molecule has 2 fully saturated rings. The van der Waals surface area contributed by atoms with E-state index in [1.807, 2.05) is 0 Å². The first-order valence-electron chi connectivity index (χ1n) is 11.8. The van der Waals surface area contributed by atoms with Crippen LogP contribution in [0, 0.1) is 11.3 Å². The largest absolute Gasteiger partial charge is 0.494 e. The van der Waals surface area contributed by atoms with Crippen molar-refractivity contribution in [1.82, 2.24) is 9.80 Å². The summed E-state index contributed by atoms with van der Waals surface area (Å²) in [7, 11) is 0. The van der Waals surface area contributed by atoms with Crippen molar-refractivity contribution in [3.8, 4) is 5.75 Å². The van der Waals surface area contributed by atoms with E-state index in [1.54, 1.807) is 5.56 Å². The van der Waals surface area contributed by atoms with Crippen molar-refractivity contribution in [1.29, 1.82) is 0 Å². The lowest BCUT2D eigenvalue weighted by Gasteiger charge is -2.38. The summed E-state index contributed by atoms with van der Waals surface area (Å²) in [5.74, 6) is 1.93. The Labute approximate surface area is 172 Å². The second-order valence-electron chi connectivity index (χ2n) is 10.3. The molecule has 3 aliphatic rings. The molecule has 0 amide bonds. The number of rotatable bonds is 7.